The summed E-state index contributed by atoms with van der Waals surface area (Å²) in [6, 6.07) is 27.7. The van der Waals surface area contributed by atoms with E-state index in [-0.39, 0.29) is 0 Å². The van der Waals surface area contributed by atoms with E-state index in [0.29, 0.717) is 0 Å². The van der Waals surface area contributed by atoms with Gasteiger partial charge in [0.1, 0.15) is 0 Å². The molecule has 0 saturated heterocycles. The second kappa shape index (κ2) is 5.69. The molecule has 0 aliphatic rings. The lowest BCUT2D eigenvalue weighted by Gasteiger charge is -2.07. The molecule has 0 amide bonds. The van der Waals surface area contributed by atoms with Crippen LogP contribution in [0.1, 0.15) is 5.56 Å². The van der Waals surface area contributed by atoms with Gasteiger partial charge < -0.3 is 0 Å². The topological polar surface area (TPSA) is 12.9 Å². The number of benzene rings is 3. The Labute approximate surface area is 136 Å². The largest absolute Gasteiger partial charge is 0.256 e. The summed E-state index contributed by atoms with van der Waals surface area (Å²) in [4.78, 5) is 4.59. The third kappa shape index (κ3) is 2.62. The molecule has 110 valence electrons. The Bertz CT molecular complexity index is 946. The second-order valence-electron chi connectivity index (χ2n) is 5.82. The van der Waals surface area contributed by atoms with Gasteiger partial charge in [-0.2, -0.15) is 0 Å². The van der Waals surface area contributed by atoms with E-state index < -0.39 is 0 Å². The molecule has 4 rings (SSSR count). The summed E-state index contributed by atoms with van der Waals surface area (Å²) >= 11 is 0. The van der Waals surface area contributed by atoms with Crippen molar-refractivity contribution in [1.29, 1.82) is 0 Å². The molecule has 3 aromatic carbocycles. The van der Waals surface area contributed by atoms with Crippen LogP contribution >= 0.6 is 0 Å². The average molecular weight is 295 g/mol. The van der Waals surface area contributed by atoms with E-state index in [4.69, 9.17) is 0 Å². The van der Waals surface area contributed by atoms with Gasteiger partial charge in [-0.3, -0.25) is 4.98 Å². The first kappa shape index (κ1) is 13.7. The molecule has 1 aromatic heterocycles. The van der Waals surface area contributed by atoms with Gasteiger partial charge in [0, 0.05) is 17.1 Å². The van der Waals surface area contributed by atoms with Crippen LogP contribution in [0, 0.1) is 6.92 Å². The minimum Gasteiger partial charge on any atom is -0.256 e. The summed E-state index contributed by atoms with van der Waals surface area (Å²) in [5, 5.41) is 2.41. The molecule has 1 nitrogen and oxygen atoms in total. The van der Waals surface area contributed by atoms with Crippen molar-refractivity contribution in [2.75, 3.05) is 0 Å². The minimum atomic E-state index is 1.04. The van der Waals surface area contributed by atoms with Crippen LogP contribution in [-0.4, -0.2) is 4.98 Å². The number of pyridine rings is 1. The third-order valence-electron chi connectivity index (χ3n) is 4.22. The van der Waals surface area contributed by atoms with Gasteiger partial charge in [0.15, 0.2) is 0 Å². The number of nitrogens with zero attached hydrogens (tertiary/aromatic N) is 1. The van der Waals surface area contributed by atoms with E-state index in [1.807, 2.05) is 6.20 Å². The average Bonchev–Trinajstić information content (AvgIpc) is 2.62. The molecule has 1 heteroatoms. The Hall–Kier alpha value is -2.93. The molecular weight excluding hydrogens is 278 g/mol. The molecule has 0 radical (unpaired) electrons. The monoisotopic (exact) mass is 295 g/mol. The molecule has 0 saturated carbocycles. The first-order chi connectivity index (χ1) is 11.3. The van der Waals surface area contributed by atoms with Crippen LogP contribution in [0.25, 0.3) is 33.2 Å². The number of aromatic nitrogens is 1. The van der Waals surface area contributed by atoms with Crippen molar-refractivity contribution in [2.45, 2.75) is 6.92 Å². The van der Waals surface area contributed by atoms with Crippen molar-refractivity contribution in [3.8, 4) is 22.4 Å². The van der Waals surface area contributed by atoms with Crippen molar-refractivity contribution in [3.05, 3.63) is 90.6 Å². The lowest BCUT2D eigenvalue weighted by molar-refractivity contribution is 1.36. The van der Waals surface area contributed by atoms with E-state index in [9.17, 15) is 0 Å². The van der Waals surface area contributed by atoms with E-state index in [2.05, 4.69) is 90.8 Å². The van der Waals surface area contributed by atoms with Crippen molar-refractivity contribution < 1.29 is 0 Å². The highest BCUT2D eigenvalue weighted by atomic mass is 14.7. The van der Waals surface area contributed by atoms with Crippen LogP contribution in [0.4, 0.5) is 0 Å². The zero-order chi connectivity index (χ0) is 15.6. The maximum absolute atomic E-state index is 4.59. The smallest absolute Gasteiger partial charge is 0.0780 e. The molecule has 4 aromatic rings. The molecule has 0 unspecified atom stereocenters. The van der Waals surface area contributed by atoms with Gasteiger partial charge in [0.05, 0.1) is 5.69 Å². The van der Waals surface area contributed by atoms with Crippen LogP contribution in [-0.2, 0) is 0 Å². The van der Waals surface area contributed by atoms with E-state index in [1.54, 1.807) is 0 Å². The summed E-state index contributed by atoms with van der Waals surface area (Å²) in [7, 11) is 0. The first-order valence-corrected chi connectivity index (χ1v) is 7.82. The Morgan fingerprint density at radius 2 is 1.22 bits per heavy atom. The van der Waals surface area contributed by atoms with Gasteiger partial charge in [-0.05, 0) is 29.5 Å². The molecule has 0 spiro atoms. The van der Waals surface area contributed by atoms with Crippen molar-refractivity contribution in [2.24, 2.45) is 0 Å². The number of hydrogen-bond donors (Lipinski definition) is 0. The third-order valence-corrected chi connectivity index (χ3v) is 4.22. The van der Waals surface area contributed by atoms with E-state index in [0.717, 1.165) is 11.3 Å². The fourth-order valence-corrected chi connectivity index (χ4v) is 2.92. The van der Waals surface area contributed by atoms with Crippen molar-refractivity contribution in [3.63, 3.8) is 0 Å². The molecule has 0 fully saturated rings. The molecule has 1 heterocycles. The first-order valence-electron chi connectivity index (χ1n) is 7.82. The fraction of sp³-hybridized carbons (Fsp3) is 0.0455. The second-order valence-corrected chi connectivity index (χ2v) is 5.82. The summed E-state index contributed by atoms with van der Waals surface area (Å²) in [6.07, 6.45) is 1.88. The van der Waals surface area contributed by atoms with E-state index in [1.165, 1.54) is 27.5 Å². The maximum Gasteiger partial charge on any atom is 0.0780 e. The van der Waals surface area contributed by atoms with Crippen molar-refractivity contribution >= 4 is 10.8 Å². The van der Waals surface area contributed by atoms with Gasteiger partial charge in [-0.15, -0.1) is 0 Å². The van der Waals surface area contributed by atoms with Gasteiger partial charge in [-0.1, -0.05) is 78.4 Å². The molecule has 0 aliphatic carbocycles. The minimum absolute atomic E-state index is 1.04. The summed E-state index contributed by atoms with van der Waals surface area (Å²) in [6.45, 7) is 2.11. The molecule has 0 atom stereocenters. The van der Waals surface area contributed by atoms with Crippen LogP contribution in [0.5, 0.6) is 0 Å². The van der Waals surface area contributed by atoms with Crippen LogP contribution in [0.15, 0.2) is 85.1 Å². The quantitative estimate of drug-likeness (QED) is 0.450. The SMILES string of the molecule is Cc1ccc(-c2ccc(-c3nccc4ccccc34)cc2)cc1. The normalized spacial score (nSPS) is 10.8. The van der Waals surface area contributed by atoms with Gasteiger partial charge in [-0.25, -0.2) is 0 Å². The number of aryl methyl sites for hydroxylation is 1. The predicted molar refractivity (Wildman–Crippen MR) is 97.4 cm³/mol. The van der Waals surface area contributed by atoms with Crippen molar-refractivity contribution in [1.82, 2.24) is 4.98 Å². The Balaban J connectivity index is 1.77. The number of fused-ring (bicyclic) bond motifs is 1. The number of rotatable bonds is 2. The Morgan fingerprint density at radius 1 is 0.609 bits per heavy atom. The molecule has 23 heavy (non-hydrogen) atoms. The number of hydrogen-bond acceptors (Lipinski definition) is 1. The van der Waals surface area contributed by atoms with Crippen LogP contribution in [0.3, 0.4) is 0 Å². The maximum atomic E-state index is 4.59. The lowest BCUT2D eigenvalue weighted by Crippen LogP contribution is -1.86. The zero-order valence-electron chi connectivity index (χ0n) is 13.0. The fourth-order valence-electron chi connectivity index (χ4n) is 2.92. The molecule has 0 bridgehead atoms. The molecule has 0 aliphatic heterocycles. The van der Waals surface area contributed by atoms with Crippen LogP contribution in [0.2, 0.25) is 0 Å². The summed E-state index contributed by atoms with van der Waals surface area (Å²) < 4.78 is 0. The van der Waals surface area contributed by atoms with Gasteiger partial charge >= 0.3 is 0 Å². The highest BCUT2D eigenvalue weighted by Gasteiger charge is 2.05. The highest BCUT2D eigenvalue weighted by Crippen LogP contribution is 2.28. The van der Waals surface area contributed by atoms with E-state index >= 15 is 0 Å². The summed E-state index contributed by atoms with van der Waals surface area (Å²) in [5.41, 5.74) is 5.95. The van der Waals surface area contributed by atoms with Gasteiger partial charge in [0.2, 0.25) is 0 Å². The zero-order valence-corrected chi connectivity index (χ0v) is 13.0. The predicted octanol–water partition coefficient (Wildman–Crippen LogP) is 5.88. The lowest BCUT2D eigenvalue weighted by atomic mass is 9.99. The van der Waals surface area contributed by atoms with Crippen LogP contribution < -0.4 is 0 Å². The molecule has 0 N–H and O–H groups in total. The Morgan fingerprint density at radius 3 is 1.96 bits per heavy atom. The summed E-state index contributed by atoms with van der Waals surface area (Å²) in [5.74, 6) is 0. The highest BCUT2D eigenvalue weighted by molar-refractivity contribution is 5.94. The molecular formula is C22H17N. The standard InChI is InChI=1S/C22H17N/c1-16-6-8-17(9-7-16)18-10-12-20(13-11-18)22-21-5-3-2-4-19(21)14-15-23-22/h2-15H,1H3. The Kier molecular flexibility index (Phi) is 3.39. The van der Waals surface area contributed by atoms with Gasteiger partial charge in [0.25, 0.3) is 0 Å².